The number of rotatable bonds is 5. The number of hydrogen-bond acceptors (Lipinski definition) is 4. The molecule has 3 aliphatic rings. The first-order valence-corrected chi connectivity index (χ1v) is 9.24. The first-order valence-electron chi connectivity index (χ1n) is 9.24. The normalized spacial score (nSPS) is 33.9. The fourth-order valence-corrected chi connectivity index (χ4v) is 4.91. The van der Waals surface area contributed by atoms with Gasteiger partial charge in [-0.05, 0) is 58.7 Å². The Bertz CT molecular complexity index is 428. The number of ether oxygens (including phenoxy) is 1. The highest BCUT2D eigenvalue weighted by Crippen LogP contribution is 2.57. The van der Waals surface area contributed by atoms with Crippen molar-refractivity contribution in [1.29, 1.82) is 0 Å². The molecular weight excluding hydrogens is 292 g/mol. The molecule has 1 N–H and O–H groups in total. The predicted octanol–water partition coefficient (Wildman–Crippen LogP) is 1.64. The third-order valence-electron chi connectivity index (χ3n) is 6.80. The van der Waals surface area contributed by atoms with E-state index < -0.39 is 0 Å². The Morgan fingerprint density at radius 1 is 1.22 bits per heavy atom. The molecule has 2 saturated heterocycles. The standard InChI is InChI=1S/C18H32N2O3/c1-17(23-2)14-15(21)18(17)7-12-20(13-8-18)16(22)6-5-11-19-9-3-4-10-19/h15,21H,3-14H2,1-2H3/t15-,17+/m1/s1. The van der Waals surface area contributed by atoms with Crippen LogP contribution in [0.3, 0.4) is 0 Å². The van der Waals surface area contributed by atoms with Crippen molar-refractivity contribution in [2.24, 2.45) is 5.41 Å². The maximum atomic E-state index is 12.4. The molecule has 0 aromatic heterocycles. The van der Waals surface area contributed by atoms with Crippen LogP contribution >= 0.6 is 0 Å². The zero-order valence-corrected chi connectivity index (χ0v) is 14.7. The van der Waals surface area contributed by atoms with E-state index in [0.29, 0.717) is 12.8 Å². The molecule has 2 heterocycles. The van der Waals surface area contributed by atoms with Gasteiger partial charge in [-0.1, -0.05) is 0 Å². The summed E-state index contributed by atoms with van der Waals surface area (Å²) in [5.74, 6) is 0.284. The Labute approximate surface area is 140 Å². The zero-order valence-electron chi connectivity index (χ0n) is 14.7. The summed E-state index contributed by atoms with van der Waals surface area (Å²) in [6, 6.07) is 0. The number of carbonyl (C=O) groups excluding carboxylic acids is 1. The fourth-order valence-electron chi connectivity index (χ4n) is 4.91. The van der Waals surface area contributed by atoms with Crippen LogP contribution in [-0.2, 0) is 9.53 Å². The van der Waals surface area contributed by atoms with Gasteiger partial charge >= 0.3 is 0 Å². The van der Waals surface area contributed by atoms with Crippen molar-refractivity contribution >= 4 is 5.91 Å². The predicted molar refractivity (Wildman–Crippen MR) is 89.2 cm³/mol. The molecule has 3 rings (SSSR count). The molecule has 0 aromatic carbocycles. The van der Waals surface area contributed by atoms with Crippen LogP contribution in [0.25, 0.3) is 0 Å². The zero-order chi connectivity index (χ0) is 16.5. The number of hydrogen-bond donors (Lipinski definition) is 1. The number of likely N-dealkylation sites (tertiary alicyclic amines) is 2. The molecule has 5 heteroatoms. The summed E-state index contributed by atoms with van der Waals surface area (Å²) >= 11 is 0. The molecule has 1 spiro atoms. The van der Waals surface area contributed by atoms with Crippen molar-refractivity contribution in [2.75, 3.05) is 39.8 Å². The van der Waals surface area contributed by atoms with Crippen LogP contribution < -0.4 is 0 Å². The van der Waals surface area contributed by atoms with Crippen LogP contribution in [0.2, 0.25) is 0 Å². The average molecular weight is 324 g/mol. The van der Waals surface area contributed by atoms with E-state index in [-0.39, 0.29) is 23.0 Å². The first-order chi connectivity index (χ1) is 11.0. The molecular formula is C18H32N2O3. The molecule has 132 valence electrons. The van der Waals surface area contributed by atoms with Crippen molar-refractivity contribution in [3.63, 3.8) is 0 Å². The third kappa shape index (κ3) is 3.03. The molecule has 0 unspecified atom stereocenters. The Hall–Kier alpha value is -0.650. The largest absolute Gasteiger partial charge is 0.392 e. The second-order valence-corrected chi connectivity index (χ2v) is 7.84. The molecule has 23 heavy (non-hydrogen) atoms. The lowest BCUT2D eigenvalue weighted by molar-refractivity contribution is -0.261. The van der Waals surface area contributed by atoms with Crippen molar-refractivity contribution in [3.8, 4) is 0 Å². The van der Waals surface area contributed by atoms with Gasteiger partial charge in [0.1, 0.15) is 0 Å². The van der Waals surface area contributed by atoms with Gasteiger partial charge in [0.05, 0.1) is 11.7 Å². The fraction of sp³-hybridized carbons (Fsp3) is 0.944. The topological polar surface area (TPSA) is 53.0 Å². The number of piperidine rings is 1. The molecule has 0 bridgehead atoms. The van der Waals surface area contributed by atoms with Crippen molar-refractivity contribution < 1.29 is 14.6 Å². The molecule has 0 aromatic rings. The Balaban J connectivity index is 1.44. The molecule has 2 atom stereocenters. The number of aliphatic hydroxyl groups is 1. The van der Waals surface area contributed by atoms with E-state index >= 15 is 0 Å². The molecule has 0 radical (unpaired) electrons. The molecule has 1 amide bonds. The minimum Gasteiger partial charge on any atom is -0.392 e. The smallest absolute Gasteiger partial charge is 0.222 e. The summed E-state index contributed by atoms with van der Waals surface area (Å²) < 4.78 is 5.69. The van der Waals surface area contributed by atoms with E-state index in [4.69, 9.17) is 4.74 Å². The van der Waals surface area contributed by atoms with E-state index in [1.807, 2.05) is 4.90 Å². The second-order valence-electron chi connectivity index (χ2n) is 7.84. The van der Waals surface area contributed by atoms with E-state index in [9.17, 15) is 9.90 Å². The lowest BCUT2D eigenvalue weighted by Gasteiger charge is -2.62. The monoisotopic (exact) mass is 324 g/mol. The third-order valence-corrected chi connectivity index (χ3v) is 6.80. The number of amides is 1. The summed E-state index contributed by atoms with van der Waals surface area (Å²) in [6.07, 6.45) is 6.40. The number of carbonyl (C=O) groups is 1. The Morgan fingerprint density at radius 2 is 1.87 bits per heavy atom. The van der Waals surface area contributed by atoms with Crippen LogP contribution in [0.1, 0.15) is 51.9 Å². The van der Waals surface area contributed by atoms with E-state index in [1.165, 1.54) is 25.9 Å². The van der Waals surface area contributed by atoms with Crippen LogP contribution in [-0.4, -0.2) is 72.4 Å². The first kappa shape index (κ1) is 17.2. The van der Waals surface area contributed by atoms with Crippen molar-refractivity contribution in [2.45, 2.75) is 63.6 Å². The Kier molecular flexibility index (Phi) is 5.00. The van der Waals surface area contributed by atoms with Gasteiger partial charge in [-0.2, -0.15) is 0 Å². The van der Waals surface area contributed by atoms with Gasteiger partial charge in [-0.25, -0.2) is 0 Å². The van der Waals surface area contributed by atoms with Crippen LogP contribution in [0.5, 0.6) is 0 Å². The summed E-state index contributed by atoms with van der Waals surface area (Å²) in [5.41, 5.74) is -0.370. The number of aliphatic hydroxyl groups excluding tert-OH is 1. The van der Waals surface area contributed by atoms with Gasteiger partial charge in [-0.3, -0.25) is 4.79 Å². The van der Waals surface area contributed by atoms with Crippen LogP contribution in [0.15, 0.2) is 0 Å². The van der Waals surface area contributed by atoms with E-state index in [2.05, 4.69) is 11.8 Å². The van der Waals surface area contributed by atoms with Crippen molar-refractivity contribution in [1.82, 2.24) is 9.80 Å². The molecule has 2 aliphatic heterocycles. The average Bonchev–Trinajstić information content (AvgIpc) is 3.08. The lowest BCUT2D eigenvalue weighted by Crippen LogP contribution is -2.69. The summed E-state index contributed by atoms with van der Waals surface area (Å²) in [5, 5.41) is 10.3. The number of nitrogens with zero attached hydrogens (tertiary/aromatic N) is 2. The maximum Gasteiger partial charge on any atom is 0.222 e. The summed E-state index contributed by atoms with van der Waals surface area (Å²) in [6.45, 7) is 7.09. The maximum absolute atomic E-state index is 12.4. The van der Waals surface area contributed by atoms with Gasteiger partial charge in [0.15, 0.2) is 0 Å². The van der Waals surface area contributed by atoms with Crippen LogP contribution in [0.4, 0.5) is 0 Å². The molecule has 1 saturated carbocycles. The lowest BCUT2D eigenvalue weighted by atomic mass is 9.51. The van der Waals surface area contributed by atoms with E-state index in [0.717, 1.165) is 38.9 Å². The second kappa shape index (κ2) is 6.69. The molecule has 3 fully saturated rings. The minimum absolute atomic E-state index is 0.145. The molecule has 5 nitrogen and oxygen atoms in total. The van der Waals surface area contributed by atoms with Gasteiger partial charge in [0, 0.05) is 38.5 Å². The van der Waals surface area contributed by atoms with Gasteiger partial charge in [0.25, 0.3) is 0 Å². The van der Waals surface area contributed by atoms with Gasteiger partial charge in [0.2, 0.25) is 5.91 Å². The van der Waals surface area contributed by atoms with E-state index in [1.54, 1.807) is 7.11 Å². The Morgan fingerprint density at radius 3 is 2.43 bits per heavy atom. The minimum atomic E-state index is -0.278. The van der Waals surface area contributed by atoms with Gasteiger partial charge in [-0.15, -0.1) is 0 Å². The quantitative estimate of drug-likeness (QED) is 0.835. The summed E-state index contributed by atoms with van der Waals surface area (Å²) in [7, 11) is 1.74. The van der Waals surface area contributed by atoms with Gasteiger partial charge < -0.3 is 19.6 Å². The summed E-state index contributed by atoms with van der Waals surface area (Å²) in [4.78, 5) is 16.9. The highest BCUT2D eigenvalue weighted by Gasteiger charge is 2.63. The SMILES string of the molecule is CO[C@@]1(C)C[C@@H](O)C12CCN(C(=O)CCCN1CCCC1)CC2. The highest BCUT2D eigenvalue weighted by molar-refractivity contribution is 5.76. The number of methoxy groups -OCH3 is 1. The highest BCUT2D eigenvalue weighted by atomic mass is 16.5. The van der Waals surface area contributed by atoms with Crippen molar-refractivity contribution in [3.05, 3.63) is 0 Å². The van der Waals surface area contributed by atoms with Crippen LogP contribution in [0, 0.1) is 5.41 Å². The molecule has 1 aliphatic carbocycles.